The maximum absolute atomic E-state index is 11.9. The Morgan fingerprint density at radius 3 is 2.95 bits per heavy atom. The normalized spacial score (nSPS) is 19.2. The van der Waals surface area contributed by atoms with Crippen LogP contribution in [0.4, 0.5) is 6.01 Å². The molecule has 0 saturated carbocycles. The molecule has 0 aliphatic carbocycles. The summed E-state index contributed by atoms with van der Waals surface area (Å²) in [7, 11) is 0. The molecule has 1 aliphatic rings. The lowest BCUT2D eigenvalue weighted by molar-refractivity contribution is -0.117. The minimum absolute atomic E-state index is 0.119. The van der Waals surface area contributed by atoms with Crippen LogP contribution >= 0.6 is 0 Å². The van der Waals surface area contributed by atoms with Crippen molar-refractivity contribution >= 4 is 11.9 Å². The Balaban J connectivity index is 1.78. The molecule has 1 amide bonds. The van der Waals surface area contributed by atoms with Gasteiger partial charge in [-0.25, -0.2) is 0 Å². The largest absolute Gasteiger partial charge is 0.408 e. The van der Waals surface area contributed by atoms with Gasteiger partial charge in [0.15, 0.2) is 0 Å². The minimum Gasteiger partial charge on any atom is -0.408 e. The van der Waals surface area contributed by atoms with E-state index < -0.39 is 0 Å². The highest BCUT2D eigenvalue weighted by molar-refractivity contribution is 5.90. The van der Waals surface area contributed by atoms with Gasteiger partial charge in [0.2, 0.25) is 11.8 Å². The van der Waals surface area contributed by atoms with Gasteiger partial charge in [0.05, 0.1) is 6.54 Å². The zero-order valence-electron chi connectivity index (χ0n) is 12.2. The molecule has 1 fully saturated rings. The number of anilines is 1. The first-order chi connectivity index (χ1) is 9.67. The van der Waals surface area contributed by atoms with Crippen LogP contribution in [0.5, 0.6) is 0 Å². The van der Waals surface area contributed by atoms with Gasteiger partial charge in [-0.3, -0.25) is 15.0 Å². The third-order valence-electron chi connectivity index (χ3n) is 3.48. The highest BCUT2D eigenvalue weighted by Crippen LogP contribution is 2.09. The molecule has 0 aromatic carbocycles. The maximum atomic E-state index is 11.9. The molecule has 1 aromatic heterocycles. The van der Waals surface area contributed by atoms with Crippen LogP contribution in [0.15, 0.2) is 4.42 Å². The van der Waals surface area contributed by atoms with E-state index >= 15 is 0 Å². The second-order valence-electron chi connectivity index (χ2n) is 5.15. The number of aryl methyl sites for hydroxylation is 1. The summed E-state index contributed by atoms with van der Waals surface area (Å²) < 4.78 is 5.13. The van der Waals surface area contributed by atoms with Crippen LogP contribution in [0.2, 0.25) is 0 Å². The second-order valence-corrected chi connectivity index (χ2v) is 5.15. The third-order valence-corrected chi connectivity index (χ3v) is 3.48. The molecule has 1 unspecified atom stereocenters. The zero-order chi connectivity index (χ0) is 14.4. The summed E-state index contributed by atoms with van der Waals surface area (Å²) in [5.41, 5.74) is 0. The van der Waals surface area contributed by atoms with Crippen molar-refractivity contribution in [1.29, 1.82) is 0 Å². The molecule has 1 aromatic rings. The molecule has 2 heterocycles. The molecule has 0 spiro atoms. The Hall–Kier alpha value is -1.47. The zero-order valence-corrected chi connectivity index (χ0v) is 12.2. The number of carbonyl (C=O) groups excluding carboxylic acids is 1. The van der Waals surface area contributed by atoms with Crippen molar-refractivity contribution in [2.24, 2.45) is 0 Å². The maximum Gasteiger partial charge on any atom is 0.322 e. The van der Waals surface area contributed by atoms with Crippen LogP contribution in [0, 0.1) is 6.92 Å². The van der Waals surface area contributed by atoms with E-state index in [1.807, 2.05) is 0 Å². The Morgan fingerprint density at radius 1 is 1.50 bits per heavy atom. The molecular formula is C13H23N5O2. The molecule has 1 saturated heterocycles. The average molecular weight is 281 g/mol. The van der Waals surface area contributed by atoms with E-state index in [2.05, 4.69) is 32.7 Å². The van der Waals surface area contributed by atoms with Crippen molar-refractivity contribution in [3.8, 4) is 0 Å². The number of nitrogens with zero attached hydrogens (tertiary/aromatic N) is 3. The molecule has 0 bridgehead atoms. The Bertz CT molecular complexity index is 428. The van der Waals surface area contributed by atoms with Gasteiger partial charge in [-0.2, -0.15) is 0 Å². The van der Waals surface area contributed by atoms with E-state index in [9.17, 15) is 4.79 Å². The van der Waals surface area contributed by atoms with Gasteiger partial charge < -0.3 is 9.73 Å². The molecule has 112 valence electrons. The van der Waals surface area contributed by atoms with E-state index in [0.29, 0.717) is 18.5 Å². The number of piperidine rings is 1. The van der Waals surface area contributed by atoms with Crippen LogP contribution in [0.1, 0.15) is 32.1 Å². The first-order valence-corrected chi connectivity index (χ1v) is 7.23. The monoisotopic (exact) mass is 281 g/mol. The first-order valence-electron chi connectivity index (χ1n) is 7.23. The van der Waals surface area contributed by atoms with Crippen LogP contribution in [-0.2, 0) is 4.79 Å². The molecule has 7 nitrogen and oxygen atoms in total. The predicted octanol–water partition coefficient (Wildman–Crippen LogP) is 0.781. The molecule has 7 heteroatoms. The van der Waals surface area contributed by atoms with Gasteiger partial charge in [0, 0.05) is 19.5 Å². The van der Waals surface area contributed by atoms with E-state index in [-0.39, 0.29) is 11.9 Å². The highest BCUT2D eigenvalue weighted by atomic mass is 16.4. The molecule has 1 aliphatic heterocycles. The fourth-order valence-corrected chi connectivity index (χ4v) is 2.41. The summed E-state index contributed by atoms with van der Waals surface area (Å²) in [6.07, 6.45) is 3.70. The fraction of sp³-hybridized carbons (Fsp3) is 0.769. The smallest absolute Gasteiger partial charge is 0.322 e. The van der Waals surface area contributed by atoms with Gasteiger partial charge in [0.1, 0.15) is 0 Å². The van der Waals surface area contributed by atoms with E-state index in [1.54, 1.807) is 6.92 Å². The minimum atomic E-state index is -0.119. The number of hydrogen-bond donors (Lipinski definition) is 2. The van der Waals surface area contributed by atoms with E-state index in [4.69, 9.17) is 4.42 Å². The fourth-order valence-electron chi connectivity index (χ4n) is 2.41. The van der Waals surface area contributed by atoms with Crippen LogP contribution in [0.25, 0.3) is 0 Å². The summed E-state index contributed by atoms with van der Waals surface area (Å²) in [4.78, 5) is 14.1. The third kappa shape index (κ3) is 4.57. The van der Waals surface area contributed by atoms with Gasteiger partial charge in [-0.15, -0.1) is 5.10 Å². The summed E-state index contributed by atoms with van der Waals surface area (Å²) in [6, 6.07) is 0.654. The van der Waals surface area contributed by atoms with Crippen LogP contribution in [0.3, 0.4) is 0 Å². The van der Waals surface area contributed by atoms with Crippen molar-refractivity contribution in [3.05, 3.63) is 5.89 Å². The molecular weight excluding hydrogens is 258 g/mol. The van der Waals surface area contributed by atoms with Crippen LogP contribution in [-0.4, -0.2) is 53.2 Å². The summed E-state index contributed by atoms with van der Waals surface area (Å²) >= 11 is 0. The van der Waals surface area contributed by atoms with E-state index in [1.165, 1.54) is 19.3 Å². The van der Waals surface area contributed by atoms with Gasteiger partial charge in [-0.1, -0.05) is 18.4 Å². The van der Waals surface area contributed by atoms with Gasteiger partial charge in [0.25, 0.3) is 0 Å². The second kappa shape index (κ2) is 7.35. The quantitative estimate of drug-likeness (QED) is 0.802. The topological polar surface area (TPSA) is 83.3 Å². The lowest BCUT2D eigenvalue weighted by Gasteiger charge is -2.29. The Labute approximate surface area is 119 Å². The summed E-state index contributed by atoms with van der Waals surface area (Å²) in [6.45, 7) is 6.91. The number of rotatable bonds is 6. The number of hydrogen-bond acceptors (Lipinski definition) is 6. The standard InChI is InChI=1S/C13H23N5O2/c1-3-18(8-11-6-4-5-7-14-11)9-12(19)15-13-17-16-10(2)20-13/h11,14H,3-9H2,1-2H3,(H,15,17,19). The molecule has 20 heavy (non-hydrogen) atoms. The van der Waals surface area contributed by atoms with Crippen LogP contribution < -0.4 is 10.6 Å². The molecule has 1 atom stereocenters. The van der Waals surface area contributed by atoms with Gasteiger partial charge >= 0.3 is 6.01 Å². The number of aromatic nitrogens is 2. The average Bonchev–Trinajstić information content (AvgIpc) is 2.84. The lowest BCUT2D eigenvalue weighted by atomic mass is 10.0. The number of nitrogens with one attached hydrogen (secondary N) is 2. The SMILES string of the molecule is CCN(CC(=O)Nc1nnc(C)o1)CC1CCCCN1. The van der Waals surface area contributed by atoms with E-state index in [0.717, 1.165) is 19.6 Å². The summed E-state index contributed by atoms with van der Waals surface area (Å²) in [5.74, 6) is 0.324. The van der Waals surface area contributed by atoms with Crippen molar-refractivity contribution < 1.29 is 9.21 Å². The van der Waals surface area contributed by atoms with Crippen molar-refractivity contribution in [3.63, 3.8) is 0 Å². The molecule has 2 N–H and O–H groups in total. The highest BCUT2D eigenvalue weighted by Gasteiger charge is 2.18. The van der Waals surface area contributed by atoms with Crippen molar-refractivity contribution in [2.45, 2.75) is 39.2 Å². The molecule has 2 rings (SSSR count). The summed E-state index contributed by atoms with van der Waals surface area (Å²) in [5, 5.41) is 13.6. The number of carbonyl (C=O) groups is 1. The first kappa shape index (κ1) is 14.9. The Morgan fingerprint density at radius 2 is 2.35 bits per heavy atom. The lowest BCUT2D eigenvalue weighted by Crippen LogP contribution is -2.45. The molecule has 0 radical (unpaired) electrons. The Kier molecular flexibility index (Phi) is 5.49. The van der Waals surface area contributed by atoms with Crippen molar-refractivity contribution in [1.82, 2.24) is 20.4 Å². The number of likely N-dealkylation sites (N-methyl/N-ethyl adjacent to an activating group) is 1. The number of amides is 1. The van der Waals surface area contributed by atoms with Gasteiger partial charge in [-0.05, 0) is 25.9 Å². The van der Waals surface area contributed by atoms with Crippen molar-refractivity contribution in [2.75, 3.05) is 31.5 Å². The predicted molar refractivity (Wildman–Crippen MR) is 75.4 cm³/mol.